The number of pyridine rings is 1. The molecule has 0 radical (unpaired) electrons. The molecule has 116 valence electrons. The van der Waals surface area contributed by atoms with Crippen LogP contribution in [0, 0.1) is 13.8 Å². The van der Waals surface area contributed by atoms with Gasteiger partial charge in [-0.2, -0.15) is 0 Å². The SMILES string of the molecule is CCC[C@H](C)NC(=O)COC(=O)c1c(C)cc(C)nc1Cl. The molecule has 1 rings (SSSR count). The number of hydrogen-bond acceptors (Lipinski definition) is 4. The molecule has 0 unspecified atom stereocenters. The van der Waals surface area contributed by atoms with Gasteiger partial charge in [0.1, 0.15) is 5.15 Å². The lowest BCUT2D eigenvalue weighted by atomic mass is 10.1. The van der Waals surface area contributed by atoms with E-state index in [-0.39, 0.29) is 29.3 Å². The molecule has 1 atom stereocenters. The molecule has 1 heterocycles. The average Bonchev–Trinajstić information content (AvgIpc) is 2.35. The van der Waals surface area contributed by atoms with Crippen molar-refractivity contribution >= 4 is 23.5 Å². The topological polar surface area (TPSA) is 68.3 Å². The predicted molar refractivity (Wildman–Crippen MR) is 81.5 cm³/mol. The van der Waals surface area contributed by atoms with Crippen LogP contribution in [0.1, 0.15) is 48.3 Å². The van der Waals surface area contributed by atoms with Crippen LogP contribution in [-0.4, -0.2) is 29.5 Å². The van der Waals surface area contributed by atoms with Crippen LogP contribution in [0.2, 0.25) is 5.15 Å². The Labute approximate surface area is 130 Å². The van der Waals surface area contributed by atoms with Gasteiger partial charge in [-0.15, -0.1) is 0 Å². The maximum Gasteiger partial charge on any atom is 0.342 e. The molecule has 0 aliphatic carbocycles. The number of carbonyl (C=O) groups excluding carboxylic acids is 2. The Bertz CT molecular complexity index is 509. The van der Waals surface area contributed by atoms with Gasteiger partial charge in [-0.25, -0.2) is 9.78 Å². The second kappa shape index (κ2) is 7.98. The fourth-order valence-electron chi connectivity index (χ4n) is 2.06. The standard InChI is InChI=1S/C15H21ClN2O3/c1-5-6-10(3)17-12(19)8-21-15(20)13-9(2)7-11(4)18-14(13)16/h7,10H,5-6,8H2,1-4H3,(H,17,19)/t10-/m0/s1. The number of nitrogens with one attached hydrogen (secondary N) is 1. The molecule has 0 aliphatic heterocycles. The average molecular weight is 313 g/mol. The maximum atomic E-state index is 12.0. The summed E-state index contributed by atoms with van der Waals surface area (Å²) in [5.41, 5.74) is 1.61. The number of carbonyl (C=O) groups is 2. The van der Waals surface area contributed by atoms with E-state index >= 15 is 0 Å². The predicted octanol–water partition coefficient (Wildman–Crippen LogP) is 2.81. The van der Waals surface area contributed by atoms with Crippen LogP contribution in [0.25, 0.3) is 0 Å². The first-order chi connectivity index (χ1) is 9.85. The molecule has 6 heteroatoms. The first kappa shape index (κ1) is 17.4. The molecular formula is C15H21ClN2O3. The smallest absolute Gasteiger partial charge is 0.342 e. The number of hydrogen-bond donors (Lipinski definition) is 1. The van der Waals surface area contributed by atoms with Crippen molar-refractivity contribution in [3.63, 3.8) is 0 Å². The van der Waals surface area contributed by atoms with Crippen LogP contribution in [0.15, 0.2) is 6.07 Å². The van der Waals surface area contributed by atoms with Crippen LogP contribution < -0.4 is 5.32 Å². The quantitative estimate of drug-likeness (QED) is 0.648. The lowest BCUT2D eigenvalue weighted by Gasteiger charge is -2.13. The fraction of sp³-hybridized carbons (Fsp3) is 0.533. The van der Waals surface area contributed by atoms with E-state index in [1.165, 1.54) is 0 Å². The Kier molecular flexibility index (Phi) is 6.62. The van der Waals surface area contributed by atoms with Gasteiger partial charge in [-0.05, 0) is 38.8 Å². The zero-order valence-electron chi connectivity index (χ0n) is 12.8. The number of halogens is 1. The van der Waals surface area contributed by atoms with Gasteiger partial charge in [-0.3, -0.25) is 4.79 Å². The lowest BCUT2D eigenvalue weighted by molar-refractivity contribution is -0.124. The third-order valence-corrected chi connectivity index (χ3v) is 3.24. The number of esters is 1. The highest BCUT2D eigenvalue weighted by Gasteiger charge is 2.18. The molecule has 0 spiro atoms. The third-order valence-electron chi connectivity index (χ3n) is 2.97. The van der Waals surface area contributed by atoms with Gasteiger partial charge >= 0.3 is 5.97 Å². The first-order valence-electron chi connectivity index (χ1n) is 6.95. The molecule has 1 aromatic heterocycles. The van der Waals surface area contributed by atoms with Gasteiger partial charge in [-0.1, -0.05) is 24.9 Å². The zero-order chi connectivity index (χ0) is 16.0. The highest BCUT2D eigenvalue weighted by atomic mass is 35.5. The molecule has 0 saturated carbocycles. The van der Waals surface area contributed by atoms with Gasteiger partial charge in [0.05, 0.1) is 5.56 Å². The molecule has 1 N–H and O–H groups in total. The van der Waals surface area contributed by atoms with Crippen LogP contribution in [-0.2, 0) is 9.53 Å². The molecule has 1 amide bonds. The summed E-state index contributed by atoms with van der Waals surface area (Å²) in [7, 11) is 0. The van der Waals surface area contributed by atoms with E-state index in [1.54, 1.807) is 19.9 Å². The number of aryl methyl sites for hydroxylation is 2. The van der Waals surface area contributed by atoms with Crippen LogP contribution >= 0.6 is 11.6 Å². The van der Waals surface area contributed by atoms with Crippen molar-refractivity contribution < 1.29 is 14.3 Å². The van der Waals surface area contributed by atoms with E-state index in [0.717, 1.165) is 18.5 Å². The number of rotatable bonds is 6. The van der Waals surface area contributed by atoms with Crippen molar-refractivity contribution in [1.82, 2.24) is 10.3 Å². The summed E-state index contributed by atoms with van der Waals surface area (Å²) < 4.78 is 5.00. The molecule has 0 saturated heterocycles. The first-order valence-corrected chi connectivity index (χ1v) is 7.33. The fourth-order valence-corrected chi connectivity index (χ4v) is 2.42. The van der Waals surface area contributed by atoms with E-state index in [1.807, 2.05) is 13.8 Å². The van der Waals surface area contributed by atoms with Gasteiger partial charge in [0, 0.05) is 11.7 Å². The summed E-state index contributed by atoms with van der Waals surface area (Å²) in [6, 6.07) is 1.80. The minimum Gasteiger partial charge on any atom is -0.452 e. The van der Waals surface area contributed by atoms with Crippen LogP contribution in [0.5, 0.6) is 0 Å². The van der Waals surface area contributed by atoms with Gasteiger partial charge in [0.2, 0.25) is 0 Å². The molecular weight excluding hydrogens is 292 g/mol. The number of amides is 1. The van der Waals surface area contributed by atoms with Crippen molar-refractivity contribution in [2.24, 2.45) is 0 Å². The van der Waals surface area contributed by atoms with Crippen molar-refractivity contribution in [3.8, 4) is 0 Å². The minimum absolute atomic E-state index is 0.0626. The Balaban J connectivity index is 2.61. The van der Waals surface area contributed by atoms with E-state index in [9.17, 15) is 9.59 Å². The molecule has 5 nitrogen and oxygen atoms in total. The molecule has 0 fully saturated rings. The second-order valence-corrected chi connectivity index (χ2v) is 5.44. The molecule has 0 aromatic carbocycles. The largest absolute Gasteiger partial charge is 0.452 e. The summed E-state index contributed by atoms with van der Waals surface area (Å²) in [4.78, 5) is 27.7. The lowest BCUT2D eigenvalue weighted by Crippen LogP contribution is -2.35. The zero-order valence-corrected chi connectivity index (χ0v) is 13.6. The second-order valence-electron chi connectivity index (χ2n) is 5.08. The Morgan fingerprint density at radius 1 is 1.43 bits per heavy atom. The minimum atomic E-state index is -0.636. The van der Waals surface area contributed by atoms with Crippen molar-refractivity contribution in [2.75, 3.05) is 6.61 Å². The molecule has 0 bridgehead atoms. The van der Waals surface area contributed by atoms with Crippen LogP contribution in [0.3, 0.4) is 0 Å². The Morgan fingerprint density at radius 3 is 2.67 bits per heavy atom. The highest BCUT2D eigenvalue weighted by Crippen LogP contribution is 2.19. The summed E-state index contributed by atoms with van der Waals surface area (Å²) in [5.74, 6) is -0.957. The highest BCUT2D eigenvalue weighted by molar-refractivity contribution is 6.32. The third kappa shape index (κ3) is 5.34. The monoisotopic (exact) mass is 312 g/mol. The summed E-state index contributed by atoms with van der Waals surface area (Å²) >= 11 is 5.96. The van der Waals surface area contributed by atoms with E-state index in [4.69, 9.17) is 16.3 Å². The van der Waals surface area contributed by atoms with E-state index in [0.29, 0.717) is 5.56 Å². The van der Waals surface area contributed by atoms with Gasteiger partial charge < -0.3 is 10.1 Å². The van der Waals surface area contributed by atoms with Crippen molar-refractivity contribution in [2.45, 2.75) is 46.6 Å². The van der Waals surface area contributed by atoms with Crippen molar-refractivity contribution in [3.05, 3.63) is 28.0 Å². The molecule has 21 heavy (non-hydrogen) atoms. The van der Waals surface area contributed by atoms with Crippen LogP contribution in [0.4, 0.5) is 0 Å². The summed E-state index contributed by atoms with van der Waals surface area (Å²) in [5, 5.41) is 2.86. The van der Waals surface area contributed by atoms with Gasteiger partial charge in [0.25, 0.3) is 5.91 Å². The summed E-state index contributed by atoms with van der Waals surface area (Å²) in [6.07, 6.45) is 1.86. The molecule has 1 aromatic rings. The maximum absolute atomic E-state index is 12.0. The van der Waals surface area contributed by atoms with Crippen molar-refractivity contribution in [1.29, 1.82) is 0 Å². The number of ether oxygens (including phenoxy) is 1. The van der Waals surface area contributed by atoms with E-state index < -0.39 is 5.97 Å². The summed E-state index contributed by atoms with van der Waals surface area (Å²) in [6.45, 7) is 7.17. The molecule has 0 aliphatic rings. The Morgan fingerprint density at radius 2 is 2.10 bits per heavy atom. The Hall–Kier alpha value is -1.62. The number of nitrogens with zero attached hydrogens (tertiary/aromatic N) is 1. The normalized spacial score (nSPS) is 11.9. The van der Waals surface area contributed by atoms with Gasteiger partial charge in [0.15, 0.2) is 6.61 Å². The number of aromatic nitrogens is 1. The van der Waals surface area contributed by atoms with E-state index in [2.05, 4.69) is 10.3 Å².